The van der Waals surface area contributed by atoms with Crippen LogP contribution in [-0.4, -0.2) is 76.7 Å². The van der Waals surface area contributed by atoms with Crippen molar-refractivity contribution in [3.05, 3.63) is 47.8 Å². The van der Waals surface area contributed by atoms with Crippen LogP contribution in [0.25, 0.3) is 0 Å². The van der Waals surface area contributed by atoms with E-state index in [0.717, 1.165) is 49.3 Å². The van der Waals surface area contributed by atoms with Crippen molar-refractivity contribution in [2.75, 3.05) is 45.6 Å². The van der Waals surface area contributed by atoms with Gasteiger partial charge in [-0.3, -0.25) is 14.4 Å². The Kier molecular flexibility index (Phi) is 6.24. The molecule has 2 fully saturated rings. The Labute approximate surface area is 190 Å². The summed E-state index contributed by atoms with van der Waals surface area (Å²) in [6.07, 6.45) is 5.52. The normalized spacial score (nSPS) is 23.5. The molecule has 1 aromatic heterocycles. The first-order chi connectivity index (χ1) is 15.3. The predicted molar refractivity (Wildman–Crippen MR) is 124 cm³/mol. The first-order valence-corrected chi connectivity index (χ1v) is 11.3. The van der Waals surface area contributed by atoms with Crippen LogP contribution >= 0.6 is 0 Å². The molecule has 4 rings (SSSR count). The molecule has 2 aliphatic rings. The van der Waals surface area contributed by atoms with Crippen molar-refractivity contribution in [2.45, 2.75) is 26.3 Å². The van der Waals surface area contributed by atoms with Crippen molar-refractivity contribution in [3.8, 4) is 0 Å². The van der Waals surface area contributed by atoms with Gasteiger partial charge in [0.2, 0.25) is 5.91 Å². The zero-order chi connectivity index (χ0) is 22.9. The summed E-state index contributed by atoms with van der Waals surface area (Å²) in [4.78, 5) is 32.5. The number of benzene rings is 1. The number of carbonyl (C=O) groups excluding carboxylic acids is 2. The fourth-order valence-electron chi connectivity index (χ4n) is 5.29. The van der Waals surface area contributed by atoms with E-state index in [1.807, 2.05) is 69.6 Å². The Bertz CT molecular complexity index is 969. The lowest BCUT2D eigenvalue weighted by atomic mass is 9.74. The number of nitrogens with one attached hydrogen (secondary N) is 1. The largest absolute Gasteiger partial charge is 0.348 e. The highest BCUT2D eigenvalue weighted by Gasteiger charge is 2.53. The molecule has 8 heteroatoms. The predicted octanol–water partition coefficient (Wildman–Crippen LogP) is 2.56. The van der Waals surface area contributed by atoms with Gasteiger partial charge in [0.1, 0.15) is 0 Å². The quantitative estimate of drug-likeness (QED) is 0.796. The minimum atomic E-state index is -0.454. The summed E-state index contributed by atoms with van der Waals surface area (Å²) in [5.41, 5.74) is 2.64. The third kappa shape index (κ3) is 4.50. The zero-order valence-corrected chi connectivity index (χ0v) is 19.5. The summed E-state index contributed by atoms with van der Waals surface area (Å²) in [6.45, 7) is 5.56. The van der Waals surface area contributed by atoms with Gasteiger partial charge >= 0.3 is 6.03 Å². The van der Waals surface area contributed by atoms with Gasteiger partial charge in [0.25, 0.3) is 0 Å². The van der Waals surface area contributed by atoms with Gasteiger partial charge in [0, 0.05) is 77.2 Å². The molecule has 0 radical (unpaired) electrons. The molecular formula is C24H34N6O2. The Morgan fingerprint density at radius 2 is 1.97 bits per heavy atom. The lowest BCUT2D eigenvalue weighted by Gasteiger charge is -2.35. The van der Waals surface area contributed by atoms with Crippen molar-refractivity contribution in [1.82, 2.24) is 24.5 Å². The number of hydrogen-bond acceptors (Lipinski definition) is 4. The van der Waals surface area contributed by atoms with Crippen LogP contribution in [0.2, 0.25) is 0 Å². The molecule has 8 nitrogen and oxygen atoms in total. The number of anilines is 1. The molecule has 0 bridgehead atoms. The van der Waals surface area contributed by atoms with Gasteiger partial charge in [0.15, 0.2) is 0 Å². The lowest BCUT2D eigenvalue weighted by Crippen LogP contribution is -2.48. The van der Waals surface area contributed by atoms with Gasteiger partial charge in [-0.1, -0.05) is 17.7 Å². The van der Waals surface area contributed by atoms with Crippen molar-refractivity contribution in [3.63, 3.8) is 0 Å². The molecule has 0 saturated carbocycles. The average Bonchev–Trinajstić information content (AvgIpc) is 3.26. The van der Waals surface area contributed by atoms with Gasteiger partial charge in [-0.25, -0.2) is 4.79 Å². The molecule has 3 amide bonds. The third-order valence-corrected chi connectivity index (χ3v) is 6.84. The number of carbonyl (C=O) groups is 2. The smallest absolute Gasteiger partial charge is 0.321 e. The van der Waals surface area contributed by atoms with Gasteiger partial charge in [-0.2, -0.15) is 5.10 Å². The van der Waals surface area contributed by atoms with E-state index in [-0.39, 0.29) is 17.9 Å². The number of amides is 3. The molecule has 2 saturated heterocycles. The summed E-state index contributed by atoms with van der Waals surface area (Å²) in [7, 11) is 5.59. The number of likely N-dealkylation sites (tertiary alicyclic amines) is 2. The van der Waals surface area contributed by atoms with Gasteiger partial charge in [0.05, 0.1) is 11.6 Å². The molecular weight excluding hydrogens is 404 g/mol. The van der Waals surface area contributed by atoms with E-state index in [9.17, 15) is 9.59 Å². The topological polar surface area (TPSA) is 73.7 Å². The van der Waals surface area contributed by atoms with Crippen molar-refractivity contribution < 1.29 is 9.59 Å². The number of aryl methyl sites for hydroxylation is 2. The van der Waals surface area contributed by atoms with Crippen LogP contribution in [0.4, 0.5) is 10.5 Å². The summed E-state index contributed by atoms with van der Waals surface area (Å²) >= 11 is 0. The summed E-state index contributed by atoms with van der Waals surface area (Å²) in [5, 5.41) is 7.31. The van der Waals surface area contributed by atoms with Crippen LogP contribution in [0.1, 0.15) is 24.0 Å². The number of fused-ring (bicyclic) bond motifs is 1. The van der Waals surface area contributed by atoms with Crippen LogP contribution in [0.5, 0.6) is 0 Å². The Morgan fingerprint density at radius 1 is 1.22 bits per heavy atom. The highest BCUT2D eigenvalue weighted by molar-refractivity contribution is 5.89. The van der Waals surface area contributed by atoms with E-state index in [0.29, 0.717) is 13.1 Å². The molecule has 1 aromatic carbocycles. The average molecular weight is 439 g/mol. The SMILES string of the molecule is Cc1ccc(NC(=O)N2CCC[C@]3(C(=O)N(C)C)CN(Cc4cnn(C)c4)C[C@@H]3C2)cc1. The van der Waals surface area contributed by atoms with Gasteiger partial charge in [-0.15, -0.1) is 0 Å². The lowest BCUT2D eigenvalue weighted by molar-refractivity contribution is -0.141. The van der Waals surface area contributed by atoms with Gasteiger partial charge < -0.3 is 15.1 Å². The maximum absolute atomic E-state index is 13.4. The van der Waals surface area contributed by atoms with E-state index < -0.39 is 5.41 Å². The molecule has 0 unspecified atom stereocenters. The maximum Gasteiger partial charge on any atom is 0.321 e. The summed E-state index contributed by atoms with van der Waals surface area (Å²) < 4.78 is 1.81. The third-order valence-electron chi connectivity index (χ3n) is 6.84. The molecule has 3 heterocycles. The number of hydrogen-bond donors (Lipinski definition) is 1. The van der Waals surface area contributed by atoms with Crippen LogP contribution in [0.15, 0.2) is 36.7 Å². The Hall–Kier alpha value is -2.87. The van der Waals surface area contributed by atoms with E-state index >= 15 is 0 Å². The number of urea groups is 1. The first-order valence-electron chi connectivity index (χ1n) is 11.3. The number of aromatic nitrogens is 2. The van der Waals surface area contributed by atoms with Crippen molar-refractivity contribution in [1.29, 1.82) is 0 Å². The van der Waals surface area contributed by atoms with Crippen LogP contribution in [0.3, 0.4) is 0 Å². The van der Waals surface area contributed by atoms with Gasteiger partial charge in [-0.05, 0) is 31.9 Å². The fourth-order valence-corrected chi connectivity index (χ4v) is 5.29. The number of rotatable bonds is 4. The molecule has 32 heavy (non-hydrogen) atoms. The Morgan fingerprint density at radius 3 is 2.62 bits per heavy atom. The van der Waals surface area contributed by atoms with Crippen LogP contribution in [0, 0.1) is 18.3 Å². The summed E-state index contributed by atoms with van der Waals surface area (Å²) in [5.74, 6) is 0.275. The number of nitrogens with zero attached hydrogens (tertiary/aromatic N) is 5. The van der Waals surface area contributed by atoms with E-state index in [1.54, 1.807) is 9.58 Å². The molecule has 1 N–H and O–H groups in total. The van der Waals surface area contributed by atoms with E-state index in [2.05, 4.69) is 15.3 Å². The highest BCUT2D eigenvalue weighted by atomic mass is 16.2. The van der Waals surface area contributed by atoms with Crippen molar-refractivity contribution in [2.24, 2.45) is 18.4 Å². The second-order valence-electron chi connectivity index (χ2n) is 9.59. The first kappa shape index (κ1) is 22.3. The van der Waals surface area contributed by atoms with E-state index in [4.69, 9.17) is 0 Å². The maximum atomic E-state index is 13.4. The van der Waals surface area contributed by atoms with Crippen LogP contribution < -0.4 is 5.32 Å². The monoisotopic (exact) mass is 438 g/mol. The van der Waals surface area contributed by atoms with Crippen molar-refractivity contribution >= 4 is 17.6 Å². The second-order valence-corrected chi connectivity index (χ2v) is 9.59. The minimum absolute atomic E-state index is 0.0901. The standard InChI is InChI=1S/C24H34N6O2/c1-18-6-8-21(9-7-18)26-23(32)30-11-5-10-24(22(31)27(2)3)17-29(15-20(24)16-30)14-19-12-25-28(4)13-19/h6-9,12-13,20H,5,10-11,14-17H2,1-4H3,(H,26,32)/t20-,24+/m1/s1. The molecule has 2 atom stereocenters. The summed E-state index contributed by atoms with van der Waals surface area (Å²) in [6, 6.07) is 7.75. The molecule has 172 valence electrons. The van der Waals surface area contributed by atoms with Crippen LogP contribution in [-0.2, 0) is 18.4 Å². The Balaban J connectivity index is 1.52. The second kappa shape index (κ2) is 8.94. The minimum Gasteiger partial charge on any atom is -0.348 e. The fraction of sp³-hybridized carbons (Fsp3) is 0.542. The molecule has 2 aliphatic heterocycles. The molecule has 2 aromatic rings. The highest BCUT2D eigenvalue weighted by Crippen LogP contribution is 2.44. The molecule has 0 aliphatic carbocycles. The zero-order valence-electron chi connectivity index (χ0n) is 19.5. The molecule has 0 spiro atoms. The van der Waals surface area contributed by atoms with E-state index in [1.165, 1.54) is 0 Å².